The topological polar surface area (TPSA) is 54.0 Å². The van der Waals surface area contributed by atoms with Crippen molar-refractivity contribution >= 4 is 0 Å². The summed E-state index contributed by atoms with van der Waals surface area (Å²) >= 11 is 0. The molecule has 2 aromatic carbocycles. The summed E-state index contributed by atoms with van der Waals surface area (Å²) in [5, 5.41) is 7.15. The van der Waals surface area contributed by atoms with Crippen LogP contribution in [0.15, 0.2) is 42.5 Å². The molecule has 0 atom stereocenters. The summed E-state index contributed by atoms with van der Waals surface area (Å²) in [7, 11) is 4.05. The van der Waals surface area contributed by atoms with Crippen LogP contribution in [0.5, 0.6) is 5.75 Å². The molecule has 25 heavy (non-hydrogen) atoms. The van der Waals surface area contributed by atoms with Crippen molar-refractivity contribution < 1.29 is 9.13 Å². The molecule has 0 saturated heterocycles. The molecule has 1 aromatic heterocycles. The molecule has 0 aliphatic carbocycles. The van der Waals surface area contributed by atoms with Gasteiger partial charge in [0.05, 0.1) is 6.61 Å². The van der Waals surface area contributed by atoms with E-state index < -0.39 is 5.82 Å². The van der Waals surface area contributed by atoms with Crippen LogP contribution < -0.4 is 4.74 Å². The monoisotopic (exact) mass is 340 g/mol. The Kier molecular flexibility index (Phi) is 5.09. The van der Waals surface area contributed by atoms with Gasteiger partial charge in [0.1, 0.15) is 0 Å². The Hall–Kier alpha value is -2.73. The molecule has 0 spiro atoms. The van der Waals surface area contributed by atoms with Gasteiger partial charge in [-0.15, -0.1) is 0 Å². The maximum Gasteiger partial charge on any atom is 0.181 e. The Labute approximate surface area is 146 Å². The Bertz CT molecular complexity index is 860. The number of nitrogens with zero attached hydrogens (tertiary/aromatic N) is 3. The lowest BCUT2D eigenvalue weighted by Crippen LogP contribution is -2.10. The molecule has 3 rings (SSSR count). The van der Waals surface area contributed by atoms with Crippen molar-refractivity contribution in [2.45, 2.75) is 13.5 Å². The summed E-state index contributed by atoms with van der Waals surface area (Å²) in [6.07, 6.45) is 0. The summed E-state index contributed by atoms with van der Waals surface area (Å²) in [4.78, 5) is 6.60. The van der Waals surface area contributed by atoms with E-state index in [1.807, 2.05) is 33.2 Å². The van der Waals surface area contributed by atoms with Crippen LogP contribution >= 0.6 is 0 Å². The van der Waals surface area contributed by atoms with Crippen molar-refractivity contribution in [2.24, 2.45) is 0 Å². The van der Waals surface area contributed by atoms with Crippen LogP contribution in [0.2, 0.25) is 0 Å². The first kappa shape index (κ1) is 17.1. The SMILES string of the molecule is CCOc1ccc(-c2nc(-c3cccc(CN(C)C)c3)n[nH]2)cc1F. The average molecular weight is 340 g/mol. The summed E-state index contributed by atoms with van der Waals surface area (Å²) in [6.45, 7) is 3.09. The molecule has 0 aliphatic rings. The number of aromatic amines is 1. The number of ether oxygens (including phenoxy) is 1. The number of hydrogen-bond donors (Lipinski definition) is 1. The zero-order valence-electron chi connectivity index (χ0n) is 14.6. The third-order valence-electron chi connectivity index (χ3n) is 3.67. The van der Waals surface area contributed by atoms with E-state index in [2.05, 4.69) is 32.2 Å². The summed E-state index contributed by atoms with van der Waals surface area (Å²) in [5.41, 5.74) is 2.73. The van der Waals surface area contributed by atoms with Gasteiger partial charge >= 0.3 is 0 Å². The highest BCUT2D eigenvalue weighted by Gasteiger charge is 2.11. The number of halogens is 1. The second kappa shape index (κ2) is 7.44. The van der Waals surface area contributed by atoms with Gasteiger partial charge in [-0.2, -0.15) is 5.10 Å². The van der Waals surface area contributed by atoms with E-state index in [-0.39, 0.29) is 5.75 Å². The minimum Gasteiger partial charge on any atom is -0.491 e. The third kappa shape index (κ3) is 4.03. The first-order valence-electron chi connectivity index (χ1n) is 8.16. The van der Waals surface area contributed by atoms with Crippen molar-refractivity contribution in [1.29, 1.82) is 0 Å². The van der Waals surface area contributed by atoms with Crippen molar-refractivity contribution in [1.82, 2.24) is 20.1 Å². The first-order chi connectivity index (χ1) is 12.1. The normalized spacial score (nSPS) is 11.1. The first-order valence-corrected chi connectivity index (χ1v) is 8.16. The lowest BCUT2D eigenvalue weighted by Gasteiger charge is -2.09. The molecule has 0 saturated carbocycles. The van der Waals surface area contributed by atoms with Crippen LogP contribution in [0.3, 0.4) is 0 Å². The molecule has 0 unspecified atom stereocenters. The van der Waals surface area contributed by atoms with E-state index in [1.54, 1.807) is 12.1 Å². The van der Waals surface area contributed by atoms with Crippen LogP contribution in [-0.2, 0) is 6.54 Å². The third-order valence-corrected chi connectivity index (χ3v) is 3.67. The fraction of sp³-hybridized carbons (Fsp3) is 0.263. The maximum atomic E-state index is 14.0. The van der Waals surface area contributed by atoms with E-state index in [1.165, 1.54) is 11.6 Å². The molecule has 3 aromatic rings. The summed E-state index contributed by atoms with van der Waals surface area (Å²) in [5.74, 6) is 0.938. The molecule has 0 amide bonds. The van der Waals surface area contributed by atoms with Crippen LogP contribution in [0, 0.1) is 5.82 Å². The number of rotatable bonds is 6. The highest BCUT2D eigenvalue weighted by molar-refractivity contribution is 5.62. The summed E-state index contributed by atoms with van der Waals surface area (Å²) < 4.78 is 19.3. The highest BCUT2D eigenvalue weighted by Crippen LogP contribution is 2.25. The second-order valence-electron chi connectivity index (χ2n) is 6.02. The van der Waals surface area contributed by atoms with Crippen LogP contribution in [0.1, 0.15) is 12.5 Å². The molecule has 6 heteroatoms. The largest absolute Gasteiger partial charge is 0.491 e. The van der Waals surface area contributed by atoms with E-state index >= 15 is 0 Å². The Morgan fingerprint density at radius 1 is 1.12 bits per heavy atom. The van der Waals surface area contributed by atoms with Crippen molar-refractivity contribution in [3.05, 3.63) is 53.8 Å². The predicted molar refractivity (Wildman–Crippen MR) is 95.8 cm³/mol. The molecule has 5 nitrogen and oxygen atoms in total. The van der Waals surface area contributed by atoms with Gasteiger partial charge in [-0.3, -0.25) is 5.10 Å². The van der Waals surface area contributed by atoms with E-state index in [4.69, 9.17) is 4.74 Å². The van der Waals surface area contributed by atoms with Crippen LogP contribution in [0.4, 0.5) is 4.39 Å². The number of H-pyrrole nitrogens is 1. The fourth-order valence-electron chi connectivity index (χ4n) is 2.61. The predicted octanol–water partition coefficient (Wildman–Crippen LogP) is 3.74. The van der Waals surface area contributed by atoms with Crippen molar-refractivity contribution in [3.8, 4) is 28.5 Å². The standard InChI is InChI=1S/C19H21FN4O/c1-4-25-17-9-8-15(11-16(17)20)19-21-18(22-23-19)14-7-5-6-13(10-14)12-24(2)3/h5-11H,4,12H2,1-3H3,(H,21,22,23). The molecule has 0 fully saturated rings. The molecular formula is C19H21FN4O. The zero-order valence-corrected chi connectivity index (χ0v) is 14.6. The van der Waals surface area contributed by atoms with E-state index in [0.29, 0.717) is 23.8 Å². The van der Waals surface area contributed by atoms with Crippen molar-refractivity contribution in [3.63, 3.8) is 0 Å². The zero-order chi connectivity index (χ0) is 17.8. The molecule has 0 aliphatic heterocycles. The fourth-order valence-corrected chi connectivity index (χ4v) is 2.61. The van der Waals surface area contributed by atoms with E-state index in [0.717, 1.165) is 12.1 Å². The van der Waals surface area contributed by atoms with E-state index in [9.17, 15) is 4.39 Å². The minimum absolute atomic E-state index is 0.238. The van der Waals surface area contributed by atoms with Gasteiger partial charge in [-0.05, 0) is 50.8 Å². The van der Waals surface area contributed by atoms with Crippen molar-refractivity contribution in [2.75, 3.05) is 20.7 Å². The maximum absolute atomic E-state index is 14.0. The molecule has 1 N–H and O–H groups in total. The number of hydrogen-bond acceptors (Lipinski definition) is 4. The van der Waals surface area contributed by atoms with Gasteiger partial charge in [0.2, 0.25) is 0 Å². The Morgan fingerprint density at radius 3 is 2.68 bits per heavy atom. The molecule has 1 heterocycles. The average Bonchev–Trinajstić information content (AvgIpc) is 3.06. The van der Waals surface area contributed by atoms with Gasteiger partial charge in [0, 0.05) is 17.7 Å². The van der Waals surface area contributed by atoms with Gasteiger partial charge in [-0.25, -0.2) is 9.37 Å². The Morgan fingerprint density at radius 2 is 1.96 bits per heavy atom. The minimum atomic E-state index is -0.412. The highest BCUT2D eigenvalue weighted by atomic mass is 19.1. The Balaban J connectivity index is 1.86. The molecular weight excluding hydrogens is 319 g/mol. The van der Waals surface area contributed by atoms with Gasteiger partial charge in [0.15, 0.2) is 23.2 Å². The molecule has 0 radical (unpaired) electrons. The molecule has 130 valence electrons. The van der Waals surface area contributed by atoms with Gasteiger partial charge < -0.3 is 9.64 Å². The summed E-state index contributed by atoms with van der Waals surface area (Å²) in [6, 6.07) is 12.9. The number of benzene rings is 2. The number of aromatic nitrogens is 3. The lowest BCUT2D eigenvalue weighted by atomic mass is 10.1. The van der Waals surface area contributed by atoms with Crippen LogP contribution in [0.25, 0.3) is 22.8 Å². The lowest BCUT2D eigenvalue weighted by molar-refractivity contribution is 0.321. The van der Waals surface area contributed by atoms with Gasteiger partial charge in [0.25, 0.3) is 0 Å². The number of nitrogens with one attached hydrogen (secondary N) is 1. The smallest absolute Gasteiger partial charge is 0.181 e. The quantitative estimate of drug-likeness (QED) is 0.743. The van der Waals surface area contributed by atoms with Crippen LogP contribution in [-0.4, -0.2) is 40.8 Å². The van der Waals surface area contributed by atoms with Gasteiger partial charge in [-0.1, -0.05) is 18.2 Å². The molecule has 0 bridgehead atoms. The second-order valence-corrected chi connectivity index (χ2v) is 6.02.